The number of para-hydroxylation sites is 1. The highest BCUT2D eigenvalue weighted by Gasteiger charge is 2.43. The van der Waals surface area contributed by atoms with Crippen LogP contribution in [0.3, 0.4) is 0 Å². The van der Waals surface area contributed by atoms with Crippen molar-refractivity contribution >= 4 is 17.5 Å². The maximum atomic E-state index is 13.0. The van der Waals surface area contributed by atoms with Gasteiger partial charge in [-0.15, -0.1) is 0 Å². The minimum absolute atomic E-state index is 0.298. The molecule has 0 bridgehead atoms. The molecule has 7 heteroatoms. The molecule has 4 rings (SSSR count). The van der Waals surface area contributed by atoms with Crippen LogP contribution in [0.15, 0.2) is 78.9 Å². The fourth-order valence-corrected chi connectivity index (χ4v) is 3.70. The van der Waals surface area contributed by atoms with Crippen LogP contribution in [0.4, 0.5) is 5.69 Å². The standard InChI is InChI=1S/C24H23N3O4/c1-30-19-14-13-17(15-20(19)31-2)22-21(25-23(28)16-9-5-3-6-10-16)24(29)26-27(22)18-11-7-4-8-12-18/h3-15,21-22H,1-2H3,(H,25,28)(H,26,29)/t21-,22-/m0/s1. The van der Waals surface area contributed by atoms with Crippen molar-refractivity contribution in [3.63, 3.8) is 0 Å². The molecule has 158 valence electrons. The minimum atomic E-state index is -0.814. The van der Waals surface area contributed by atoms with Crippen LogP contribution in [0.5, 0.6) is 11.5 Å². The van der Waals surface area contributed by atoms with Crippen molar-refractivity contribution in [2.24, 2.45) is 0 Å². The van der Waals surface area contributed by atoms with Gasteiger partial charge >= 0.3 is 0 Å². The molecule has 31 heavy (non-hydrogen) atoms. The molecule has 1 saturated heterocycles. The molecular formula is C24H23N3O4. The Balaban J connectivity index is 1.74. The number of nitrogens with zero attached hydrogens (tertiary/aromatic N) is 1. The summed E-state index contributed by atoms with van der Waals surface area (Å²) in [6, 6.07) is 22.5. The number of hydrogen-bond acceptors (Lipinski definition) is 5. The summed E-state index contributed by atoms with van der Waals surface area (Å²) in [6.45, 7) is 0. The normalized spacial score (nSPS) is 17.7. The second kappa shape index (κ2) is 8.79. The first-order valence-corrected chi connectivity index (χ1v) is 9.85. The number of anilines is 1. The summed E-state index contributed by atoms with van der Waals surface area (Å²) in [5.41, 5.74) is 4.97. The van der Waals surface area contributed by atoms with Crippen molar-refractivity contribution in [2.75, 3.05) is 19.2 Å². The fraction of sp³-hybridized carbons (Fsp3) is 0.167. The van der Waals surface area contributed by atoms with Gasteiger partial charge in [-0.05, 0) is 42.0 Å². The van der Waals surface area contributed by atoms with Crippen molar-refractivity contribution in [3.8, 4) is 11.5 Å². The molecule has 2 N–H and O–H groups in total. The third kappa shape index (κ3) is 4.02. The van der Waals surface area contributed by atoms with Crippen molar-refractivity contribution in [2.45, 2.75) is 12.1 Å². The van der Waals surface area contributed by atoms with E-state index in [1.807, 2.05) is 48.5 Å². The predicted molar refractivity (Wildman–Crippen MR) is 117 cm³/mol. The number of carbonyl (C=O) groups excluding carboxylic acids is 2. The average molecular weight is 417 g/mol. The minimum Gasteiger partial charge on any atom is -0.493 e. The molecule has 0 spiro atoms. The van der Waals surface area contributed by atoms with Crippen LogP contribution in [0.2, 0.25) is 0 Å². The molecule has 0 aliphatic carbocycles. The molecule has 0 saturated carbocycles. The highest BCUT2D eigenvalue weighted by molar-refractivity contribution is 5.99. The third-order valence-electron chi connectivity index (χ3n) is 5.21. The molecule has 7 nitrogen and oxygen atoms in total. The number of hydrogen-bond donors (Lipinski definition) is 2. The quantitative estimate of drug-likeness (QED) is 0.644. The number of methoxy groups -OCH3 is 2. The lowest BCUT2D eigenvalue weighted by molar-refractivity contribution is -0.120. The number of amides is 2. The number of ether oxygens (including phenoxy) is 2. The first-order chi connectivity index (χ1) is 15.1. The van der Waals surface area contributed by atoms with E-state index in [0.717, 1.165) is 11.3 Å². The Labute approximate surface area is 180 Å². The summed E-state index contributed by atoms with van der Waals surface area (Å²) in [4.78, 5) is 25.8. The van der Waals surface area contributed by atoms with Gasteiger partial charge in [-0.1, -0.05) is 42.5 Å². The summed E-state index contributed by atoms with van der Waals surface area (Å²) in [5.74, 6) is 0.509. The number of nitrogens with one attached hydrogen (secondary N) is 2. The van der Waals surface area contributed by atoms with E-state index in [1.165, 1.54) is 0 Å². The monoisotopic (exact) mass is 417 g/mol. The van der Waals surface area contributed by atoms with Gasteiger partial charge in [-0.25, -0.2) is 0 Å². The van der Waals surface area contributed by atoms with E-state index in [1.54, 1.807) is 49.6 Å². The second-order valence-electron chi connectivity index (χ2n) is 7.06. The highest BCUT2D eigenvalue weighted by atomic mass is 16.5. The fourth-order valence-electron chi connectivity index (χ4n) is 3.70. The van der Waals surface area contributed by atoms with Crippen LogP contribution in [0, 0.1) is 0 Å². The van der Waals surface area contributed by atoms with Crippen molar-refractivity contribution in [1.29, 1.82) is 0 Å². The van der Waals surface area contributed by atoms with Crippen molar-refractivity contribution in [3.05, 3.63) is 90.0 Å². The van der Waals surface area contributed by atoms with Gasteiger partial charge in [0, 0.05) is 5.56 Å². The van der Waals surface area contributed by atoms with Crippen LogP contribution >= 0.6 is 0 Å². The zero-order valence-corrected chi connectivity index (χ0v) is 17.2. The van der Waals surface area contributed by atoms with E-state index >= 15 is 0 Å². The molecule has 2 amide bonds. The Hall–Kier alpha value is -4.00. The molecule has 0 radical (unpaired) electrons. The second-order valence-corrected chi connectivity index (χ2v) is 7.06. The predicted octanol–water partition coefficient (Wildman–Crippen LogP) is 3.09. The highest BCUT2D eigenvalue weighted by Crippen LogP contribution is 2.37. The summed E-state index contributed by atoms with van der Waals surface area (Å²) >= 11 is 0. The average Bonchev–Trinajstić information content (AvgIpc) is 3.15. The van der Waals surface area contributed by atoms with Gasteiger partial charge in [0.2, 0.25) is 0 Å². The van der Waals surface area contributed by atoms with Crippen LogP contribution in [0.1, 0.15) is 22.0 Å². The lowest BCUT2D eigenvalue weighted by Gasteiger charge is -2.28. The number of carbonyl (C=O) groups is 2. The molecule has 1 fully saturated rings. The van der Waals surface area contributed by atoms with Crippen LogP contribution < -0.4 is 25.2 Å². The summed E-state index contributed by atoms with van der Waals surface area (Å²) in [7, 11) is 3.13. The molecule has 0 aromatic heterocycles. The number of rotatable bonds is 6. The molecule has 1 heterocycles. The van der Waals surface area contributed by atoms with Gasteiger partial charge in [0.25, 0.3) is 11.8 Å². The van der Waals surface area contributed by atoms with Crippen LogP contribution in [-0.4, -0.2) is 32.1 Å². The number of hydrazine groups is 1. The summed E-state index contributed by atoms with van der Waals surface area (Å²) < 4.78 is 10.8. The van der Waals surface area contributed by atoms with Gasteiger partial charge in [-0.3, -0.25) is 20.0 Å². The lowest BCUT2D eigenvalue weighted by atomic mass is 9.98. The maximum Gasteiger partial charge on any atom is 0.263 e. The zero-order chi connectivity index (χ0) is 21.8. The first kappa shape index (κ1) is 20.3. The van der Waals surface area contributed by atoms with E-state index in [0.29, 0.717) is 17.1 Å². The Bertz CT molecular complexity index is 1070. The molecule has 3 aromatic rings. The van der Waals surface area contributed by atoms with E-state index in [4.69, 9.17) is 9.47 Å². The van der Waals surface area contributed by atoms with E-state index in [-0.39, 0.29) is 11.8 Å². The first-order valence-electron chi connectivity index (χ1n) is 9.85. The zero-order valence-electron chi connectivity index (χ0n) is 17.2. The molecular weight excluding hydrogens is 394 g/mol. The van der Waals surface area contributed by atoms with Gasteiger partial charge in [0.1, 0.15) is 12.1 Å². The van der Waals surface area contributed by atoms with Gasteiger partial charge in [0.15, 0.2) is 11.5 Å². The maximum absolute atomic E-state index is 13.0. The topological polar surface area (TPSA) is 79.9 Å². The van der Waals surface area contributed by atoms with E-state index in [9.17, 15) is 9.59 Å². The third-order valence-corrected chi connectivity index (χ3v) is 5.21. The molecule has 3 aromatic carbocycles. The smallest absolute Gasteiger partial charge is 0.263 e. The van der Waals surface area contributed by atoms with Gasteiger partial charge in [0.05, 0.1) is 19.9 Å². The number of benzene rings is 3. The molecule has 0 unspecified atom stereocenters. The Kier molecular flexibility index (Phi) is 5.75. The summed E-state index contributed by atoms with van der Waals surface area (Å²) in [5, 5.41) is 4.66. The van der Waals surface area contributed by atoms with Crippen LogP contribution in [0.25, 0.3) is 0 Å². The molecule has 1 aliphatic rings. The lowest BCUT2D eigenvalue weighted by Crippen LogP contribution is -2.43. The van der Waals surface area contributed by atoms with E-state index in [2.05, 4.69) is 10.7 Å². The molecule has 2 atom stereocenters. The van der Waals surface area contributed by atoms with Crippen molar-refractivity contribution < 1.29 is 19.1 Å². The largest absolute Gasteiger partial charge is 0.493 e. The SMILES string of the molecule is COc1ccc([C@H]2[C@H](NC(=O)c3ccccc3)C(=O)NN2c2ccccc2)cc1OC. The Morgan fingerprint density at radius 2 is 1.55 bits per heavy atom. The Morgan fingerprint density at radius 1 is 0.903 bits per heavy atom. The van der Waals surface area contributed by atoms with Crippen LogP contribution in [-0.2, 0) is 4.79 Å². The Morgan fingerprint density at radius 3 is 2.19 bits per heavy atom. The van der Waals surface area contributed by atoms with Gasteiger partial charge < -0.3 is 14.8 Å². The molecule has 1 aliphatic heterocycles. The van der Waals surface area contributed by atoms with Gasteiger partial charge in [-0.2, -0.15) is 0 Å². The van der Waals surface area contributed by atoms with E-state index < -0.39 is 12.1 Å². The summed E-state index contributed by atoms with van der Waals surface area (Å²) in [6.07, 6.45) is 0. The van der Waals surface area contributed by atoms with Crippen molar-refractivity contribution in [1.82, 2.24) is 10.7 Å².